The average molecular weight is 294 g/mol. The maximum Gasteiger partial charge on any atom is 0.193 e. The number of hydrogen-bond donors (Lipinski definition) is 1. The minimum Gasteiger partial charge on any atom is -0.407 e. The Morgan fingerprint density at radius 2 is 1.85 bits per heavy atom. The van der Waals surface area contributed by atoms with Crippen molar-refractivity contribution in [2.75, 3.05) is 13.2 Å². The molecule has 1 aliphatic rings. The van der Waals surface area contributed by atoms with Crippen LogP contribution in [0.2, 0.25) is 18.1 Å². The van der Waals surface area contributed by atoms with Gasteiger partial charge in [-0.3, -0.25) is 0 Å². The van der Waals surface area contributed by atoms with Crippen LogP contribution in [0, 0.1) is 0 Å². The fraction of sp³-hybridized carbons (Fsp3) is 0.625. The first-order valence-electron chi connectivity index (χ1n) is 7.19. The highest BCUT2D eigenvalue weighted by Crippen LogP contribution is 2.47. The third-order valence-electron chi connectivity index (χ3n) is 4.58. The van der Waals surface area contributed by atoms with Gasteiger partial charge in [-0.1, -0.05) is 51.1 Å². The van der Waals surface area contributed by atoms with Crippen LogP contribution in [0.15, 0.2) is 30.3 Å². The molecule has 1 saturated heterocycles. The van der Waals surface area contributed by atoms with Crippen molar-refractivity contribution in [3.63, 3.8) is 0 Å². The lowest BCUT2D eigenvalue weighted by Crippen LogP contribution is -2.45. The van der Waals surface area contributed by atoms with Gasteiger partial charge in [-0.15, -0.1) is 0 Å². The van der Waals surface area contributed by atoms with E-state index < -0.39 is 13.9 Å². The Balaban J connectivity index is 2.30. The molecule has 1 aliphatic heterocycles. The van der Waals surface area contributed by atoms with Gasteiger partial charge in [0.2, 0.25) is 0 Å². The van der Waals surface area contributed by atoms with Crippen LogP contribution in [0.3, 0.4) is 0 Å². The lowest BCUT2D eigenvalue weighted by atomic mass is 9.97. The summed E-state index contributed by atoms with van der Waals surface area (Å²) in [4.78, 5) is 0. The second kappa shape index (κ2) is 5.26. The zero-order valence-electron chi connectivity index (χ0n) is 13.1. The van der Waals surface area contributed by atoms with Crippen LogP contribution in [0.25, 0.3) is 0 Å². The fourth-order valence-corrected chi connectivity index (χ4v) is 3.29. The molecule has 1 aromatic rings. The van der Waals surface area contributed by atoms with Gasteiger partial charge >= 0.3 is 0 Å². The second-order valence-corrected chi connectivity index (χ2v) is 11.9. The predicted octanol–water partition coefficient (Wildman–Crippen LogP) is 3.51. The summed E-state index contributed by atoms with van der Waals surface area (Å²) in [5, 5.41) is 9.83. The van der Waals surface area contributed by atoms with E-state index in [1.165, 1.54) is 0 Å². The van der Waals surface area contributed by atoms with E-state index in [2.05, 4.69) is 46.0 Å². The first kappa shape index (κ1) is 15.7. The highest BCUT2D eigenvalue weighted by molar-refractivity contribution is 6.74. The van der Waals surface area contributed by atoms with E-state index in [1.807, 2.05) is 18.2 Å². The van der Waals surface area contributed by atoms with Gasteiger partial charge in [0, 0.05) is 0 Å². The van der Waals surface area contributed by atoms with Crippen molar-refractivity contribution in [1.82, 2.24) is 0 Å². The normalized spacial score (nSPS) is 24.5. The van der Waals surface area contributed by atoms with Gasteiger partial charge in [0.25, 0.3) is 0 Å². The summed E-state index contributed by atoms with van der Waals surface area (Å²) in [5.41, 5.74) is 0.542. The van der Waals surface area contributed by atoms with Crippen LogP contribution < -0.4 is 0 Å². The highest BCUT2D eigenvalue weighted by atomic mass is 28.4. The van der Waals surface area contributed by atoms with Crippen molar-refractivity contribution in [1.29, 1.82) is 0 Å². The molecule has 2 atom stereocenters. The molecular formula is C16H26O3Si. The third kappa shape index (κ3) is 2.98. The molecule has 1 N–H and O–H groups in total. The van der Waals surface area contributed by atoms with Crippen LogP contribution in [0.4, 0.5) is 0 Å². The van der Waals surface area contributed by atoms with Crippen molar-refractivity contribution in [3.05, 3.63) is 35.9 Å². The number of epoxide rings is 1. The van der Waals surface area contributed by atoms with Crippen LogP contribution in [-0.4, -0.2) is 32.2 Å². The molecule has 0 spiro atoms. The SMILES string of the molecule is CC(C)(C)[Si](C)(C)O[C@H](c1ccccc1)[C@@]1(CO)CO1. The number of aliphatic hydroxyl groups is 1. The fourth-order valence-electron chi connectivity index (χ4n) is 2.00. The molecule has 0 radical (unpaired) electrons. The Morgan fingerprint density at radius 1 is 1.30 bits per heavy atom. The molecular weight excluding hydrogens is 268 g/mol. The number of aliphatic hydroxyl groups excluding tert-OH is 1. The van der Waals surface area contributed by atoms with E-state index in [1.54, 1.807) is 0 Å². The quantitative estimate of drug-likeness (QED) is 0.667. The molecule has 1 fully saturated rings. The smallest absolute Gasteiger partial charge is 0.193 e. The molecule has 0 amide bonds. The van der Waals surface area contributed by atoms with E-state index in [4.69, 9.17) is 9.16 Å². The number of hydrogen-bond acceptors (Lipinski definition) is 3. The zero-order valence-corrected chi connectivity index (χ0v) is 14.1. The van der Waals surface area contributed by atoms with Crippen molar-refractivity contribution < 1.29 is 14.3 Å². The van der Waals surface area contributed by atoms with E-state index >= 15 is 0 Å². The van der Waals surface area contributed by atoms with Crippen LogP contribution >= 0.6 is 0 Å². The Hall–Kier alpha value is -0.683. The lowest BCUT2D eigenvalue weighted by Gasteiger charge is -2.40. The molecule has 0 unspecified atom stereocenters. The monoisotopic (exact) mass is 294 g/mol. The summed E-state index contributed by atoms with van der Waals surface area (Å²) in [6, 6.07) is 10.1. The molecule has 0 aromatic heterocycles. The summed E-state index contributed by atoms with van der Waals surface area (Å²) in [6.07, 6.45) is -0.186. The average Bonchev–Trinajstić information content (AvgIpc) is 3.16. The van der Waals surface area contributed by atoms with E-state index in [0.717, 1.165) is 5.56 Å². The van der Waals surface area contributed by atoms with Gasteiger partial charge in [0.05, 0.1) is 13.2 Å². The molecule has 1 heterocycles. The zero-order chi connectivity index (χ0) is 15.0. The Labute approximate surface area is 123 Å². The van der Waals surface area contributed by atoms with Gasteiger partial charge < -0.3 is 14.3 Å². The van der Waals surface area contributed by atoms with Crippen molar-refractivity contribution >= 4 is 8.32 Å². The van der Waals surface area contributed by atoms with Gasteiger partial charge in [-0.25, -0.2) is 0 Å². The largest absolute Gasteiger partial charge is 0.407 e. The minimum atomic E-state index is -1.93. The molecule has 0 bridgehead atoms. The van der Waals surface area contributed by atoms with Crippen molar-refractivity contribution in [3.8, 4) is 0 Å². The topological polar surface area (TPSA) is 42.0 Å². The molecule has 112 valence electrons. The van der Waals surface area contributed by atoms with Gasteiger partial charge in [-0.05, 0) is 23.7 Å². The number of rotatable bonds is 5. The molecule has 0 aliphatic carbocycles. The van der Waals surface area contributed by atoms with E-state index in [0.29, 0.717) is 6.61 Å². The maximum absolute atomic E-state index is 9.70. The standard InChI is InChI=1S/C16H26O3Si/c1-15(2,3)20(4,5)19-14(16(11-17)12-18-16)13-9-7-6-8-10-13/h6-10,14,17H,11-12H2,1-5H3/t14-,16-/m1/s1. The van der Waals surface area contributed by atoms with Crippen molar-refractivity contribution in [2.45, 2.75) is 50.6 Å². The first-order chi connectivity index (χ1) is 9.22. The van der Waals surface area contributed by atoms with Crippen LogP contribution in [-0.2, 0) is 9.16 Å². The first-order valence-corrected chi connectivity index (χ1v) is 10.1. The summed E-state index contributed by atoms with van der Waals surface area (Å²) in [5.74, 6) is 0. The number of ether oxygens (including phenoxy) is 1. The molecule has 3 nitrogen and oxygen atoms in total. The van der Waals surface area contributed by atoms with Gasteiger partial charge in [0.15, 0.2) is 8.32 Å². The number of benzene rings is 1. The lowest BCUT2D eigenvalue weighted by molar-refractivity contribution is 0.0434. The highest BCUT2D eigenvalue weighted by Gasteiger charge is 2.55. The molecule has 20 heavy (non-hydrogen) atoms. The molecule has 1 aromatic carbocycles. The molecule has 4 heteroatoms. The third-order valence-corrected chi connectivity index (χ3v) is 9.02. The van der Waals surface area contributed by atoms with Crippen LogP contribution in [0.1, 0.15) is 32.4 Å². The summed E-state index contributed by atoms with van der Waals surface area (Å²) >= 11 is 0. The Morgan fingerprint density at radius 3 is 2.25 bits per heavy atom. The van der Waals surface area contributed by atoms with Gasteiger partial charge in [-0.2, -0.15) is 0 Å². The predicted molar refractivity (Wildman–Crippen MR) is 83.2 cm³/mol. The van der Waals surface area contributed by atoms with Crippen LogP contribution in [0.5, 0.6) is 0 Å². The summed E-state index contributed by atoms with van der Waals surface area (Å²) in [6.45, 7) is 11.7. The Bertz CT molecular complexity index is 447. The maximum atomic E-state index is 9.70. The molecule has 0 saturated carbocycles. The Kier molecular flexibility index (Phi) is 4.13. The molecule has 2 rings (SSSR count). The second-order valence-electron chi connectivity index (χ2n) is 7.18. The van der Waals surface area contributed by atoms with E-state index in [-0.39, 0.29) is 17.7 Å². The minimum absolute atomic E-state index is 0.00117. The van der Waals surface area contributed by atoms with Gasteiger partial charge in [0.1, 0.15) is 11.7 Å². The summed E-state index contributed by atoms with van der Waals surface area (Å²) < 4.78 is 12.1. The van der Waals surface area contributed by atoms with E-state index in [9.17, 15) is 5.11 Å². The summed E-state index contributed by atoms with van der Waals surface area (Å²) in [7, 11) is -1.93. The van der Waals surface area contributed by atoms with Crippen molar-refractivity contribution in [2.24, 2.45) is 0 Å².